The molecule has 0 bridgehead atoms. The maximum Gasteiger partial charge on any atom is 0.134 e. The van der Waals surface area contributed by atoms with Crippen LogP contribution in [0.5, 0.6) is 0 Å². The first-order valence-corrected chi connectivity index (χ1v) is 6.38. The minimum absolute atomic E-state index is 0.731. The van der Waals surface area contributed by atoms with Crippen molar-refractivity contribution in [3.8, 4) is 11.3 Å². The van der Waals surface area contributed by atoms with Gasteiger partial charge in [0.15, 0.2) is 0 Å². The minimum Gasteiger partial charge on any atom is -0.457 e. The molecule has 1 aromatic heterocycles. The molecule has 2 rings (SSSR count). The van der Waals surface area contributed by atoms with E-state index in [1.807, 2.05) is 48.6 Å². The summed E-state index contributed by atoms with van der Waals surface area (Å²) in [5.74, 6) is 1.70. The predicted octanol–water partition coefficient (Wildman–Crippen LogP) is 5.01. The standard InChI is InChI=1S/C13H10BrClO/c14-9-1-2-12-7-8-13(16-12)10-3-5-11(15)6-4-10/h1-8H,9H2. The van der Waals surface area contributed by atoms with E-state index in [2.05, 4.69) is 15.9 Å². The van der Waals surface area contributed by atoms with Gasteiger partial charge in [0.2, 0.25) is 0 Å². The Morgan fingerprint density at radius 2 is 1.88 bits per heavy atom. The van der Waals surface area contributed by atoms with E-state index in [1.165, 1.54) is 0 Å². The van der Waals surface area contributed by atoms with Crippen molar-refractivity contribution < 1.29 is 4.42 Å². The zero-order valence-electron chi connectivity index (χ0n) is 8.49. The van der Waals surface area contributed by atoms with E-state index in [0.29, 0.717) is 0 Å². The number of furan rings is 1. The summed E-state index contributed by atoms with van der Waals surface area (Å²) in [5, 5.41) is 1.55. The largest absolute Gasteiger partial charge is 0.457 e. The normalized spacial score (nSPS) is 11.1. The molecule has 0 saturated carbocycles. The molecule has 0 radical (unpaired) electrons. The zero-order valence-corrected chi connectivity index (χ0v) is 10.8. The molecular formula is C13H10BrClO. The summed E-state index contributed by atoms with van der Waals surface area (Å²) in [5.41, 5.74) is 1.03. The molecule has 0 spiro atoms. The molecule has 0 aliphatic rings. The van der Waals surface area contributed by atoms with Crippen molar-refractivity contribution in [3.63, 3.8) is 0 Å². The fourth-order valence-corrected chi connectivity index (χ4v) is 1.69. The van der Waals surface area contributed by atoms with Gasteiger partial charge in [-0.2, -0.15) is 0 Å². The lowest BCUT2D eigenvalue weighted by molar-refractivity contribution is 0.572. The summed E-state index contributed by atoms with van der Waals surface area (Å²) in [6.07, 6.45) is 3.93. The van der Waals surface area contributed by atoms with Crippen molar-refractivity contribution in [2.75, 3.05) is 5.33 Å². The second-order valence-corrected chi connectivity index (χ2v) is 4.35. The minimum atomic E-state index is 0.731. The number of benzene rings is 1. The maximum atomic E-state index is 5.83. The molecule has 0 saturated heterocycles. The van der Waals surface area contributed by atoms with E-state index in [0.717, 1.165) is 27.4 Å². The van der Waals surface area contributed by atoms with Crippen LogP contribution in [0.2, 0.25) is 5.02 Å². The topological polar surface area (TPSA) is 13.1 Å². The highest BCUT2D eigenvalue weighted by Crippen LogP contribution is 2.24. The number of alkyl halides is 1. The maximum absolute atomic E-state index is 5.83. The van der Waals surface area contributed by atoms with Gasteiger partial charge >= 0.3 is 0 Å². The van der Waals surface area contributed by atoms with Crippen LogP contribution in [-0.2, 0) is 0 Å². The summed E-state index contributed by atoms with van der Waals surface area (Å²) in [4.78, 5) is 0. The van der Waals surface area contributed by atoms with Gasteiger partial charge in [-0.25, -0.2) is 0 Å². The van der Waals surface area contributed by atoms with Crippen molar-refractivity contribution in [1.29, 1.82) is 0 Å². The number of hydrogen-bond donors (Lipinski definition) is 0. The van der Waals surface area contributed by atoms with Gasteiger partial charge in [0.05, 0.1) is 0 Å². The van der Waals surface area contributed by atoms with Crippen LogP contribution in [0, 0.1) is 0 Å². The molecule has 0 aliphatic heterocycles. The van der Waals surface area contributed by atoms with Gasteiger partial charge in [0.25, 0.3) is 0 Å². The molecule has 1 heterocycles. The second kappa shape index (κ2) is 5.37. The van der Waals surface area contributed by atoms with Gasteiger partial charge in [-0.15, -0.1) is 0 Å². The van der Waals surface area contributed by atoms with Crippen molar-refractivity contribution in [2.45, 2.75) is 0 Å². The molecule has 0 fully saturated rings. The van der Waals surface area contributed by atoms with Gasteiger partial charge in [0, 0.05) is 15.9 Å². The predicted molar refractivity (Wildman–Crippen MR) is 72.0 cm³/mol. The lowest BCUT2D eigenvalue weighted by atomic mass is 10.2. The van der Waals surface area contributed by atoms with Crippen LogP contribution in [-0.4, -0.2) is 5.33 Å². The van der Waals surface area contributed by atoms with Crippen LogP contribution >= 0.6 is 27.5 Å². The van der Waals surface area contributed by atoms with E-state index in [4.69, 9.17) is 16.0 Å². The third kappa shape index (κ3) is 2.77. The van der Waals surface area contributed by atoms with Gasteiger partial charge in [0.1, 0.15) is 11.5 Å². The quantitative estimate of drug-likeness (QED) is 0.726. The summed E-state index contributed by atoms with van der Waals surface area (Å²) >= 11 is 9.15. The molecular weight excluding hydrogens is 287 g/mol. The molecule has 82 valence electrons. The lowest BCUT2D eigenvalue weighted by Crippen LogP contribution is -1.72. The van der Waals surface area contributed by atoms with E-state index in [9.17, 15) is 0 Å². The molecule has 16 heavy (non-hydrogen) atoms. The highest BCUT2D eigenvalue weighted by molar-refractivity contribution is 9.09. The second-order valence-electron chi connectivity index (χ2n) is 3.27. The Balaban J connectivity index is 2.24. The Labute approximate surface area is 108 Å². The van der Waals surface area contributed by atoms with Gasteiger partial charge in [-0.3, -0.25) is 0 Å². The van der Waals surface area contributed by atoms with Crippen LogP contribution in [0.1, 0.15) is 5.76 Å². The molecule has 0 amide bonds. The first-order chi connectivity index (χ1) is 7.79. The highest BCUT2D eigenvalue weighted by atomic mass is 79.9. The summed E-state index contributed by atoms with van der Waals surface area (Å²) in [6.45, 7) is 0. The molecule has 0 unspecified atom stereocenters. The van der Waals surface area contributed by atoms with E-state index < -0.39 is 0 Å². The SMILES string of the molecule is Clc1ccc(-c2ccc(C=CCBr)o2)cc1. The van der Waals surface area contributed by atoms with Crippen LogP contribution in [0.15, 0.2) is 46.9 Å². The first kappa shape index (κ1) is 11.5. The third-order valence-corrected chi connectivity index (χ3v) is 2.75. The van der Waals surface area contributed by atoms with E-state index in [1.54, 1.807) is 0 Å². The Kier molecular flexibility index (Phi) is 3.86. The van der Waals surface area contributed by atoms with Gasteiger partial charge in [-0.1, -0.05) is 33.6 Å². The molecule has 1 nitrogen and oxygen atoms in total. The summed E-state index contributed by atoms with van der Waals surface area (Å²) in [7, 11) is 0. The molecule has 0 aliphatic carbocycles. The number of halogens is 2. The molecule has 2 aromatic rings. The smallest absolute Gasteiger partial charge is 0.134 e. The monoisotopic (exact) mass is 296 g/mol. The van der Waals surface area contributed by atoms with E-state index >= 15 is 0 Å². The Bertz CT molecular complexity index is 485. The third-order valence-electron chi connectivity index (χ3n) is 2.13. The molecule has 1 aromatic carbocycles. The highest BCUT2D eigenvalue weighted by Gasteiger charge is 2.02. The average molecular weight is 298 g/mol. The fraction of sp³-hybridized carbons (Fsp3) is 0.0769. The van der Waals surface area contributed by atoms with Crippen LogP contribution < -0.4 is 0 Å². The molecule has 0 N–H and O–H groups in total. The van der Waals surface area contributed by atoms with Crippen molar-refractivity contribution in [3.05, 3.63) is 53.3 Å². The van der Waals surface area contributed by atoms with Crippen molar-refractivity contribution in [2.24, 2.45) is 0 Å². The lowest BCUT2D eigenvalue weighted by Gasteiger charge is -1.96. The Hall–Kier alpha value is -0.990. The average Bonchev–Trinajstić information content (AvgIpc) is 2.76. The zero-order chi connectivity index (χ0) is 11.4. The van der Waals surface area contributed by atoms with Crippen LogP contribution in [0.25, 0.3) is 17.4 Å². The van der Waals surface area contributed by atoms with Gasteiger partial charge < -0.3 is 4.42 Å². The summed E-state index contributed by atoms with van der Waals surface area (Å²) in [6, 6.07) is 11.5. The van der Waals surface area contributed by atoms with Crippen LogP contribution in [0.4, 0.5) is 0 Å². The summed E-state index contributed by atoms with van der Waals surface area (Å²) < 4.78 is 5.66. The van der Waals surface area contributed by atoms with Gasteiger partial charge in [-0.05, 0) is 42.5 Å². The first-order valence-electron chi connectivity index (χ1n) is 4.88. The van der Waals surface area contributed by atoms with Crippen molar-refractivity contribution in [1.82, 2.24) is 0 Å². The number of allylic oxidation sites excluding steroid dienone is 1. The fourth-order valence-electron chi connectivity index (χ4n) is 1.37. The van der Waals surface area contributed by atoms with Crippen molar-refractivity contribution >= 4 is 33.6 Å². The number of rotatable bonds is 3. The Morgan fingerprint density at radius 1 is 1.12 bits per heavy atom. The molecule has 0 atom stereocenters. The van der Waals surface area contributed by atoms with Crippen LogP contribution in [0.3, 0.4) is 0 Å². The Morgan fingerprint density at radius 3 is 2.56 bits per heavy atom. The number of hydrogen-bond acceptors (Lipinski definition) is 1. The van der Waals surface area contributed by atoms with E-state index in [-0.39, 0.29) is 0 Å². The molecule has 3 heteroatoms.